The molecule has 6 heteroatoms. The fourth-order valence-electron chi connectivity index (χ4n) is 0.831. The number of carbonyl (C=O) groups is 1. The Kier molecular flexibility index (Phi) is 4.82. The molecule has 0 aliphatic carbocycles. The van der Waals surface area contributed by atoms with Gasteiger partial charge in [0.1, 0.15) is 5.01 Å². The van der Waals surface area contributed by atoms with Crippen molar-refractivity contribution in [1.82, 2.24) is 10.2 Å². The third-order valence-corrected chi connectivity index (χ3v) is 2.72. The Balaban J connectivity index is 2.46. The van der Waals surface area contributed by atoms with Gasteiger partial charge in [-0.15, -0.1) is 21.8 Å². The van der Waals surface area contributed by atoms with Crippen LogP contribution in [0.25, 0.3) is 0 Å². The van der Waals surface area contributed by atoms with E-state index in [1.54, 1.807) is 6.92 Å². The highest BCUT2D eigenvalue weighted by Crippen LogP contribution is 2.16. The first-order valence-electron chi connectivity index (χ1n) is 4.44. The van der Waals surface area contributed by atoms with Crippen LogP contribution in [-0.4, -0.2) is 22.0 Å². The van der Waals surface area contributed by atoms with Gasteiger partial charge in [0, 0.05) is 18.7 Å². The number of carbonyl (C=O) groups excluding carboxylic acids is 1. The number of hydrogen-bond donors (Lipinski definition) is 1. The topological polar surface area (TPSA) is 54.9 Å². The van der Waals surface area contributed by atoms with Crippen LogP contribution in [0.1, 0.15) is 24.8 Å². The van der Waals surface area contributed by atoms with Crippen LogP contribution < -0.4 is 5.32 Å². The molecule has 0 aromatic carbocycles. The van der Waals surface area contributed by atoms with Crippen LogP contribution in [0.2, 0.25) is 0 Å². The minimum atomic E-state index is -0.0370. The van der Waals surface area contributed by atoms with Gasteiger partial charge in [-0.25, -0.2) is 0 Å². The summed E-state index contributed by atoms with van der Waals surface area (Å²) in [6.45, 7) is 1.80. The largest absolute Gasteiger partial charge is 0.301 e. The Morgan fingerprint density at radius 2 is 2.36 bits per heavy atom. The molecule has 1 amide bonds. The molecule has 0 spiro atoms. The average Bonchev–Trinajstić information content (AvgIpc) is 2.62. The predicted octanol–water partition coefficient (Wildman–Crippen LogP) is 2.06. The molecular weight excluding hydrogens is 222 g/mol. The molecule has 0 saturated heterocycles. The number of rotatable bonds is 5. The van der Waals surface area contributed by atoms with Crippen LogP contribution in [0.5, 0.6) is 0 Å². The average molecular weight is 234 g/mol. The molecule has 1 rings (SSSR count). The summed E-state index contributed by atoms with van der Waals surface area (Å²) < 4.78 is 0. The van der Waals surface area contributed by atoms with Crippen LogP contribution in [0.4, 0.5) is 5.13 Å². The fourth-order valence-corrected chi connectivity index (χ4v) is 1.76. The molecule has 1 aromatic heterocycles. The molecule has 0 aliphatic heterocycles. The van der Waals surface area contributed by atoms with E-state index in [2.05, 4.69) is 15.5 Å². The lowest BCUT2D eigenvalue weighted by Crippen LogP contribution is -2.08. The summed E-state index contributed by atoms with van der Waals surface area (Å²) in [7, 11) is 0. The SMILES string of the molecule is CCC(=O)Nc1nnc(CCCCl)s1. The monoisotopic (exact) mass is 233 g/mol. The van der Waals surface area contributed by atoms with E-state index in [4.69, 9.17) is 11.6 Å². The van der Waals surface area contributed by atoms with Crippen molar-refractivity contribution in [3.63, 3.8) is 0 Å². The van der Waals surface area contributed by atoms with Crippen LogP contribution in [0, 0.1) is 0 Å². The highest BCUT2D eigenvalue weighted by Gasteiger charge is 2.05. The summed E-state index contributed by atoms with van der Waals surface area (Å²) in [5, 5.41) is 11.9. The first kappa shape index (κ1) is 11.4. The first-order valence-corrected chi connectivity index (χ1v) is 5.79. The Bertz CT molecular complexity index is 303. The maximum Gasteiger partial charge on any atom is 0.225 e. The predicted molar refractivity (Wildman–Crippen MR) is 57.9 cm³/mol. The number of halogens is 1. The van der Waals surface area contributed by atoms with Crippen LogP contribution >= 0.6 is 22.9 Å². The molecule has 78 valence electrons. The van der Waals surface area contributed by atoms with Crippen molar-refractivity contribution in [2.24, 2.45) is 0 Å². The summed E-state index contributed by atoms with van der Waals surface area (Å²) in [5.74, 6) is 0.584. The molecule has 0 fully saturated rings. The van der Waals surface area contributed by atoms with Gasteiger partial charge in [-0.3, -0.25) is 4.79 Å². The number of amides is 1. The minimum absolute atomic E-state index is 0.0370. The highest BCUT2D eigenvalue weighted by molar-refractivity contribution is 7.15. The van der Waals surface area contributed by atoms with Crippen LogP contribution in [-0.2, 0) is 11.2 Å². The van der Waals surface area contributed by atoms with Gasteiger partial charge in [0.15, 0.2) is 0 Å². The van der Waals surface area contributed by atoms with E-state index >= 15 is 0 Å². The Morgan fingerprint density at radius 3 is 3.00 bits per heavy atom. The normalized spacial score (nSPS) is 10.1. The number of alkyl halides is 1. The zero-order valence-corrected chi connectivity index (χ0v) is 9.49. The third-order valence-electron chi connectivity index (χ3n) is 1.56. The van der Waals surface area contributed by atoms with E-state index in [9.17, 15) is 4.79 Å². The zero-order valence-electron chi connectivity index (χ0n) is 7.92. The van der Waals surface area contributed by atoms with Gasteiger partial charge in [0.2, 0.25) is 11.0 Å². The molecule has 0 unspecified atom stereocenters. The van der Waals surface area contributed by atoms with Gasteiger partial charge in [0.05, 0.1) is 0 Å². The second kappa shape index (κ2) is 5.93. The third kappa shape index (κ3) is 3.59. The molecule has 0 radical (unpaired) electrons. The highest BCUT2D eigenvalue weighted by atomic mass is 35.5. The Hall–Kier alpha value is -0.680. The van der Waals surface area contributed by atoms with Crippen molar-refractivity contribution in [2.45, 2.75) is 26.2 Å². The Labute approximate surface area is 91.7 Å². The molecular formula is C8H12ClN3OS. The second-order valence-electron chi connectivity index (χ2n) is 2.70. The van der Waals surface area contributed by atoms with Gasteiger partial charge >= 0.3 is 0 Å². The quantitative estimate of drug-likeness (QED) is 0.792. The number of nitrogens with zero attached hydrogens (tertiary/aromatic N) is 2. The maximum atomic E-state index is 11.0. The smallest absolute Gasteiger partial charge is 0.225 e. The summed E-state index contributed by atoms with van der Waals surface area (Å²) >= 11 is 6.96. The van der Waals surface area contributed by atoms with Crippen molar-refractivity contribution in [1.29, 1.82) is 0 Å². The minimum Gasteiger partial charge on any atom is -0.301 e. The molecule has 1 N–H and O–H groups in total. The lowest BCUT2D eigenvalue weighted by Gasteiger charge is -1.94. The number of anilines is 1. The Morgan fingerprint density at radius 1 is 1.57 bits per heavy atom. The van der Waals surface area contributed by atoms with Gasteiger partial charge in [-0.2, -0.15) is 0 Å². The van der Waals surface area contributed by atoms with Gasteiger partial charge in [-0.05, 0) is 6.42 Å². The van der Waals surface area contributed by atoms with E-state index in [1.807, 2.05) is 0 Å². The van der Waals surface area contributed by atoms with Crippen molar-refractivity contribution in [3.8, 4) is 0 Å². The van der Waals surface area contributed by atoms with E-state index < -0.39 is 0 Å². The fraction of sp³-hybridized carbons (Fsp3) is 0.625. The van der Waals surface area contributed by atoms with Crippen molar-refractivity contribution in [3.05, 3.63) is 5.01 Å². The van der Waals surface area contributed by atoms with Crippen LogP contribution in [0.15, 0.2) is 0 Å². The summed E-state index contributed by atoms with van der Waals surface area (Å²) in [4.78, 5) is 11.0. The van der Waals surface area contributed by atoms with Crippen molar-refractivity contribution >= 4 is 34.0 Å². The standard InChI is InChI=1S/C8H12ClN3OS/c1-2-6(13)10-8-12-11-7(14-8)4-3-5-9/h2-5H2,1H3,(H,10,12,13). The van der Waals surface area contributed by atoms with E-state index in [0.717, 1.165) is 17.8 Å². The van der Waals surface area contributed by atoms with Gasteiger partial charge < -0.3 is 5.32 Å². The van der Waals surface area contributed by atoms with E-state index in [0.29, 0.717) is 17.4 Å². The maximum absolute atomic E-state index is 11.0. The summed E-state index contributed by atoms with van der Waals surface area (Å²) in [6.07, 6.45) is 2.16. The summed E-state index contributed by atoms with van der Waals surface area (Å²) in [6, 6.07) is 0. The van der Waals surface area contributed by atoms with Crippen molar-refractivity contribution in [2.75, 3.05) is 11.2 Å². The van der Waals surface area contributed by atoms with Crippen molar-refractivity contribution < 1.29 is 4.79 Å². The molecule has 1 aromatic rings. The molecule has 0 bridgehead atoms. The second-order valence-corrected chi connectivity index (χ2v) is 4.14. The lowest BCUT2D eigenvalue weighted by molar-refractivity contribution is -0.115. The molecule has 0 atom stereocenters. The molecule has 14 heavy (non-hydrogen) atoms. The molecule has 4 nitrogen and oxygen atoms in total. The molecule has 1 heterocycles. The first-order chi connectivity index (χ1) is 6.76. The lowest BCUT2D eigenvalue weighted by atomic mass is 10.4. The number of nitrogens with one attached hydrogen (secondary N) is 1. The number of aromatic nitrogens is 2. The number of aryl methyl sites for hydroxylation is 1. The summed E-state index contributed by atoms with van der Waals surface area (Å²) in [5.41, 5.74) is 0. The number of hydrogen-bond acceptors (Lipinski definition) is 4. The zero-order chi connectivity index (χ0) is 10.4. The van der Waals surface area contributed by atoms with E-state index in [-0.39, 0.29) is 5.91 Å². The molecule has 0 aliphatic rings. The van der Waals surface area contributed by atoms with Crippen LogP contribution in [0.3, 0.4) is 0 Å². The van der Waals surface area contributed by atoms with Gasteiger partial charge in [0.25, 0.3) is 0 Å². The van der Waals surface area contributed by atoms with Gasteiger partial charge in [-0.1, -0.05) is 18.3 Å². The van der Waals surface area contributed by atoms with E-state index in [1.165, 1.54) is 11.3 Å². The molecule has 0 saturated carbocycles.